The van der Waals surface area contributed by atoms with Crippen LogP contribution in [-0.4, -0.2) is 29.6 Å². The van der Waals surface area contributed by atoms with Crippen LogP contribution in [0, 0.1) is 11.3 Å². The Labute approximate surface area is 113 Å². The number of hydrogen-bond acceptors (Lipinski definition) is 2. The molecular weight excluding hydrogens is 220 g/mol. The summed E-state index contributed by atoms with van der Waals surface area (Å²) in [5, 5.41) is 0. The SMILES string of the molecule is CCCCN(C1CC1)C1(CN)CC(C)(C)CC1C. The smallest absolute Gasteiger partial charge is 0.0365 e. The topological polar surface area (TPSA) is 29.3 Å². The van der Waals surface area contributed by atoms with Gasteiger partial charge in [-0.2, -0.15) is 0 Å². The molecule has 2 fully saturated rings. The molecule has 0 aromatic heterocycles. The van der Waals surface area contributed by atoms with Crippen molar-refractivity contribution in [2.75, 3.05) is 13.1 Å². The van der Waals surface area contributed by atoms with E-state index in [-0.39, 0.29) is 0 Å². The van der Waals surface area contributed by atoms with E-state index >= 15 is 0 Å². The summed E-state index contributed by atoms with van der Waals surface area (Å²) in [5.41, 5.74) is 7.04. The zero-order chi connectivity index (χ0) is 13.4. The van der Waals surface area contributed by atoms with Crippen molar-refractivity contribution >= 4 is 0 Å². The summed E-state index contributed by atoms with van der Waals surface area (Å²) in [7, 11) is 0. The van der Waals surface area contributed by atoms with Crippen molar-refractivity contribution in [3.63, 3.8) is 0 Å². The second kappa shape index (κ2) is 5.13. The molecule has 2 nitrogen and oxygen atoms in total. The zero-order valence-electron chi connectivity index (χ0n) is 12.8. The van der Waals surface area contributed by atoms with E-state index in [9.17, 15) is 0 Å². The highest BCUT2D eigenvalue weighted by atomic mass is 15.3. The summed E-state index contributed by atoms with van der Waals surface area (Å²) in [6.45, 7) is 11.7. The average Bonchev–Trinajstić information content (AvgIpc) is 3.07. The molecule has 0 spiro atoms. The molecule has 2 heteroatoms. The Balaban J connectivity index is 2.18. The lowest BCUT2D eigenvalue weighted by atomic mass is 9.84. The van der Waals surface area contributed by atoms with E-state index in [1.807, 2.05) is 0 Å². The third kappa shape index (κ3) is 2.60. The van der Waals surface area contributed by atoms with Gasteiger partial charge in [0.15, 0.2) is 0 Å². The van der Waals surface area contributed by atoms with E-state index in [2.05, 4.69) is 32.6 Å². The highest BCUT2D eigenvalue weighted by molar-refractivity contribution is 5.09. The van der Waals surface area contributed by atoms with Crippen molar-refractivity contribution in [2.24, 2.45) is 17.1 Å². The number of hydrogen-bond donors (Lipinski definition) is 1. The van der Waals surface area contributed by atoms with E-state index in [1.165, 1.54) is 45.1 Å². The predicted octanol–water partition coefficient (Wildman–Crippen LogP) is 3.40. The first-order valence-corrected chi connectivity index (χ1v) is 7.92. The summed E-state index contributed by atoms with van der Waals surface area (Å²) >= 11 is 0. The molecule has 0 bridgehead atoms. The highest BCUT2D eigenvalue weighted by Gasteiger charge is 2.53. The van der Waals surface area contributed by atoms with E-state index < -0.39 is 0 Å². The first kappa shape index (κ1) is 14.3. The fourth-order valence-electron chi connectivity index (χ4n) is 4.35. The van der Waals surface area contributed by atoms with Crippen LogP contribution in [0.25, 0.3) is 0 Å². The van der Waals surface area contributed by atoms with Gasteiger partial charge in [-0.3, -0.25) is 4.90 Å². The Hall–Kier alpha value is -0.0800. The van der Waals surface area contributed by atoms with Crippen molar-refractivity contribution < 1.29 is 0 Å². The Morgan fingerprint density at radius 1 is 1.28 bits per heavy atom. The molecular formula is C16H32N2. The van der Waals surface area contributed by atoms with Gasteiger partial charge < -0.3 is 5.73 Å². The van der Waals surface area contributed by atoms with Gasteiger partial charge in [-0.15, -0.1) is 0 Å². The lowest BCUT2D eigenvalue weighted by Crippen LogP contribution is -2.57. The van der Waals surface area contributed by atoms with Gasteiger partial charge in [0.25, 0.3) is 0 Å². The van der Waals surface area contributed by atoms with E-state index in [4.69, 9.17) is 5.73 Å². The van der Waals surface area contributed by atoms with Gasteiger partial charge in [0, 0.05) is 18.1 Å². The fourth-order valence-corrected chi connectivity index (χ4v) is 4.35. The van der Waals surface area contributed by atoms with Gasteiger partial charge in [-0.1, -0.05) is 34.1 Å². The van der Waals surface area contributed by atoms with Crippen molar-refractivity contribution in [3.05, 3.63) is 0 Å². The third-order valence-corrected chi connectivity index (χ3v) is 5.23. The maximum Gasteiger partial charge on any atom is 0.0365 e. The second-order valence-corrected chi connectivity index (χ2v) is 7.53. The Bertz CT molecular complexity index is 283. The second-order valence-electron chi connectivity index (χ2n) is 7.53. The molecule has 0 aliphatic heterocycles. The van der Waals surface area contributed by atoms with Crippen LogP contribution in [0.2, 0.25) is 0 Å². The van der Waals surface area contributed by atoms with Crippen LogP contribution < -0.4 is 5.73 Å². The summed E-state index contributed by atoms with van der Waals surface area (Å²) in [6.07, 6.45) is 8.04. The highest BCUT2D eigenvalue weighted by Crippen LogP contribution is 2.52. The molecule has 2 N–H and O–H groups in total. The molecule has 18 heavy (non-hydrogen) atoms. The molecule has 106 valence electrons. The molecule has 2 aliphatic carbocycles. The summed E-state index contributed by atoms with van der Waals surface area (Å²) in [5.74, 6) is 0.745. The molecule has 0 aromatic carbocycles. The Kier molecular flexibility index (Phi) is 4.08. The molecule has 2 atom stereocenters. The normalized spacial score (nSPS) is 35.3. The first-order chi connectivity index (χ1) is 8.45. The van der Waals surface area contributed by atoms with Crippen molar-refractivity contribution in [2.45, 2.75) is 77.8 Å². The van der Waals surface area contributed by atoms with Gasteiger partial charge in [0.05, 0.1) is 0 Å². The zero-order valence-corrected chi connectivity index (χ0v) is 12.8. The van der Waals surface area contributed by atoms with Crippen molar-refractivity contribution in [3.8, 4) is 0 Å². The Morgan fingerprint density at radius 3 is 2.33 bits per heavy atom. The lowest BCUT2D eigenvalue weighted by Gasteiger charge is -2.45. The average molecular weight is 252 g/mol. The summed E-state index contributed by atoms with van der Waals surface area (Å²) < 4.78 is 0. The molecule has 0 amide bonds. The largest absolute Gasteiger partial charge is 0.329 e. The first-order valence-electron chi connectivity index (χ1n) is 7.92. The predicted molar refractivity (Wildman–Crippen MR) is 78.6 cm³/mol. The van der Waals surface area contributed by atoms with Gasteiger partial charge in [-0.25, -0.2) is 0 Å². The standard InChI is InChI=1S/C16H32N2/c1-5-6-9-18(14-7-8-14)16(12-17)11-15(3,4)10-13(16)2/h13-14H,5-12,17H2,1-4H3. The summed E-state index contributed by atoms with van der Waals surface area (Å²) in [6, 6.07) is 0.844. The monoisotopic (exact) mass is 252 g/mol. The molecule has 0 aromatic rings. The van der Waals surface area contributed by atoms with Crippen LogP contribution in [0.5, 0.6) is 0 Å². The van der Waals surface area contributed by atoms with Gasteiger partial charge in [0.1, 0.15) is 0 Å². The minimum absolute atomic E-state index is 0.292. The minimum Gasteiger partial charge on any atom is -0.329 e. The van der Waals surface area contributed by atoms with Crippen LogP contribution in [0.15, 0.2) is 0 Å². The number of rotatable bonds is 6. The molecule has 2 saturated carbocycles. The maximum absolute atomic E-state index is 6.28. The fraction of sp³-hybridized carbons (Fsp3) is 1.00. The number of unbranched alkanes of at least 4 members (excludes halogenated alkanes) is 1. The van der Waals surface area contributed by atoms with Crippen molar-refractivity contribution in [1.29, 1.82) is 0 Å². The van der Waals surface area contributed by atoms with E-state index in [0.29, 0.717) is 11.0 Å². The molecule has 2 rings (SSSR count). The quantitative estimate of drug-likeness (QED) is 0.785. The van der Waals surface area contributed by atoms with Crippen LogP contribution >= 0.6 is 0 Å². The number of nitrogens with two attached hydrogens (primary N) is 1. The van der Waals surface area contributed by atoms with Crippen molar-refractivity contribution in [1.82, 2.24) is 4.90 Å². The third-order valence-electron chi connectivity index (χ3n) is 5.23. The molecule has 2 unspecified atom stereocenters. The van der Waals surface area contributed by atoms with Gasteiger partial charge in [0.2, 0.25) is 0 Å². The van der Waals surface area contributed by atoms with Crippen LogP contribution in [0.3, 0.4) is 0 Å². The van der Waals surface area contributed by atoms with Gasteiger partial charge in [-0.05, 0) is 50.0 Å². The lowest BCUT2D eigenvalue weighted by molar-refractivity contribution is 0.0492. The van der Waals surface area contributed by atoms with Crippen LogP contribution in [0.4, 0.5) is 0 Å². The summed E-state index contributed by atoms with van der Waals surface area (Å²) in [4.78, 5) is 2.82. The van der Waals surface area contributed by atoms with Crippen LogP contribution in [0.1, 0.15) is 66.2 Å². The van der Waals surface area contributed by atoms with Gasteiger partial charge >= 0.3 is 0 Å². The molecule has 0 heterocycles. The molecule has 0 saturated heterocycles. The van der Waals surface area contributed by atoms with Crippen LogP contribution in [-0.2, 0) is 0 Å². The van der Waals surface area contributed by atoms with E-state index in [0.717, 1.165) is 18.5 Å². The maximum atomic E-state index is 6.28. The molecule has 2 aliphatic rings. The number of nitrogens with zero attached hydrogens (tertiary/aromatic N) is 1. The Morgan fingerprint density at radius 2 is 1.94 bits per heavy atom. The molecule has 0 radical (unpaired) electrons. The minimum atomic E-state index is 0.292. The van der Waals surface area contributed by atoms with E-state index in [1.54, 1.807) is 0 Å².